The molecular formula is C19H14F4N2OS2. The Kier molecular flexibility index (Phi) is 6.35. The van der Waals surface area contributed by atoms with Crippen LogP contribution in [-0.2, 0) is 16.7 Å². The molecule has 0 fully saturated rings. The molecule has 0 unspecified atom stereocenters. The Morgan fingerprint density at radius 1 is 1.11 bits per heavy atom. The minimum Gasteiger partial charge on any atom is -0.325 e. The number of para-hydroxylation sites is 1. The molecule has 1 N–H and O–H groups in total. The molecule has 1 aromatic heterocycles. The second kappa shape index (κ2) is 8.74. The van der Waals surface area contributed by atoms with E-state index < -0.39 is 17.6 Å². The lowest BCUT2D eigenvalue weighted by Crippen LogP contribution is -2.18. The normalized spacial score (nSPS) is 11.4. The van der Waals surface area contributed by atoms with Crippen molar-refractivity contribution in [1.29, 1.82) is 0 Å². The van der Waals surface area contributed by atoms with Crippen molar-refractivity contribution in [2.24, 2.45) is 0 Å². The summed E-state index contributed by atoms with van der Waals surface area (Å²) in [6.45, 7) is 0. The number of hydrogen-bond acceptors (Lipinski definition) is 4. The maximum absolute atomic E-state index is 13.0. The first-order valence-corrected chi connectivity index (χ1v) is 10.1. The van der Waals surface area contributed by atoms with Gasteiger partial charge in [-0.2, -0.15) is 13.2 Å². The fourth-order valence-corrected chi connectivity index (χ4v) is 4.02. The molecule has 2 aromatic carbocycles. The lowest BCUT2D eigenvalue weighted by atomic mass is 10.1. The molecule has 3 nitrogen and oxygen atoms in total. The predicted molar refractivity (Wildman–Crippen MR) is 104 cm³/mol. The fraction of sp³-hybridized carbons (Fsp3) is 0.158. The highest BCUT2D eigenvalue weighted by Gasteiger charge is 2.33. The maximum atomic E-state index is 13.0. The Morgan fingerprint density at radius 2 is 1.82 bits per heavy atom. The first-order chi connectivity index (χ1) is 13.3. The van der Waals surface area contributed by atoms with Crippen LogP contribution in [-0.4, -0.2) is 16.6 Å². The number of thioether (sulfide) groups is 1. The average Bonchev–Trinajstić information content (AvgIpc) is 3.11. The van der Waals surface area contributed by atoms with Gasteiger partial charge in [0.1, 0.15) is 10.8 Å². The number of nitrogens with zero attached hydrogens (tertiary/aromatic N) is 1. The van der Waals surface area contributed by atoms with Crippen LogP contribution >= 0.6 is 23.1 Å². The van der Waals surface area contributed by atoms with E-state index in [9.17, 15) is 22.4 Å². The van der Waals surface area contributed by atoms with Crippen LogP contribution in [0.3, 0.4) is 0 Å². The van der Waals surface area contributed by atoms with Gasteiger partial charge in [-0.25, -0.2) is 9.37 Å². The molecule has 28 heavy (non-hydrogen) atoms. The van der Waals surface area contributed by atoms with Crippen molar-refractivity contribution in [3.05, 3.63) is 71.0 Å². The SMILES string of the molecule is O=C(CSCc1csc(-c2ccc(F)cc2)n1)Nc1ccccc1C(F)(F)F. The number of carbonyl (C=O) groups is 1. The molecule has 0 atom stereocenters. The summed E-state index contributed by atoms with van der Waals surface area (Å²) in [4.78, 5) is 16.4. The monoisotopic (exact) mass is 426 g/mol. The van der Waals surface area contributed by atoms with Gasteiger partial charge in [0.25, 0.3) is 0 Å². The minimum atomic E-state index is -4.53. The van der Waals surface area contributed by atoms with Crippen LogP contribution in [0.1, 0.15) is 11.3 Å². The summed E-state index contributed by atoms with van der Waals surface area (Å²) >= 11 is 2.65. The lowest BCUT2D eigenvalue weighted by Gasteiger charge is -2.13. The Labute approximate surface area is 166 Å². The number of thiazole rings is 1. The molecule has 146 valence electrons. The van der Waals surface area contributed by atoms with Gasteiger partial charge in [0.15, 0.2) is 0 Å². The molecular weight excluding hydrogens is 412 g/mol. The molecule has 1 amide bonds. The molecule has 0 saturated carbocycles. The van der Waals surface area contributed by atoms with Gasteiger partial charge in [0, 0.05) is 16.7 Å². The van der Waals surface area contributed by atoms with Crippen molar-refractivity contribution in [3.63, 3.8) is 0 Å². The van der Waals surface area contributed by atoms with Gasteiger partial charge < -0.3 is 5.32 Å². The standard InChI is InChI=1S/C19H14F4N2OS2/c20-13-7-5-12(6-8-13)18-24-14(10-28-18)9-27-11-17(26)25-16-4-2-1-3-15(16)19(21,22)23/h1-8,10H,9,11H2,(H,25,26). The van der Waals surface area contributed by atoms with E-state index >= 15 is 0 Å². The summed E-state index contributed by atoms with van der Waals surface area (Å²) in [5.41, 5.74) is 0.409. The number of benzene rings is 2. The Bertz CT molecular complexity index is 955. The number of alkyl halides is 3. The summed E-state index contributed by atoms with van der Waals surface area (Å²) in [5, 5.41) is 4.88. The molecule has 9 heteroatoms. The van der Waals surface area contributed by atoms with E-state index in [1.54, 1.807) is 12.1 Å². The lowest BCUT2D eigenvalue weighted by molar-refractivity contribution is -0.137. The number of anilines is 1. The van der Waals surface area contributed by atoms with Gasteiger partial charge in [0.2, 0.25) is 5.91 Å². The van der Waals surface area contributed by atoms with Gasteiger partial charge in [-0.15, -0.1) is 23.1 Å². The molecule has 3 aromatic rings. The van der Waals surface area contributed by atoms with Crippen LogP contribution in [0.4, 0.5) is 23.2 Å². The molecule has 3 rings (SSSR count). The van der Waals surface area contributed by atoms with Crippen LogP contribution in [0.25, 0.3) is 10.6 Å². The Hall–Kier alpha value is -2.39. The molecule has 0 saturated heterocycles. The van der Waals surface area contributed by atoms with E-state index in [4.69, 9.17) is 0 Å². The average molecular weight is 426 g/mol. The van der Waals surface area contributed by atoms with Crippen molar-refractivity contribution >= 4 is 34.7 Å². The van der Waals surface area contributed by atoms with Crippen molar-refractivity contribution < 1.29 is 22.4 Å². The number of hydrogen-bond donors (Lipinski definition) is 1. The zero-order chi connectivity index (χ0) is 20.1. The van der Waals surface area contributed by atoms with Crippen LogP contribution in [0.2, 0.25) is 0 Å². The Morgan fingerprint density at radius 3 is 2.54 bits per heavy atom. The van der Waals surface area contributed by atoms with E-state index in [1.807, 2.05) is 5.38 Å². The van der Waals surface area contributed by atoms with Gasteiger partial charge in [-0.05, 0) is 36.4 Å². The third-order valence-corrected chi connectivity index (χ3v) is 5.54. The molecule has 0 aliphatic rings. The number of halogens is 4. The highest BCUT2D eigenvalue weighted by atomic mass is 32.2. The molecule has 0 aliphatic heterocycles. The second-order valence-electron chi connectivity index (χ2n) is 5.74. The van der Waals surface area contributed by atoms with Crippen LogP contribution < -0.4 is 5.32 Å². The summed E-state index contributed by atoms with van der Waals surface area (Å²) < 4.78 is 51.8. The van der Waals surface area contributed by atoms with E-state index in [0.29, 0.717) is 5.75 Å². The minimum absolute atomic E-state index is 0.00437. The van der Waals surface area contributed by atoms with E-state index in [0.717, 1.165) is 22.3 Å². The van der Waals surface area contributed by atoms with Crippen molar-refractivity contribution in [1.82, 2.24) is 4.98 Å². The van der Waals surface area contributed by atoms with Gasteiger partial charge in [0.05, 0.1) is 22.7 Å². The number of carbonyl (C=O) groups excluding carboxylic acids is 1. The van der Waals surface area contributed by atoms with Crippen molar-refractivity contribution in [2.75, 3.05) is 11.1 Å². The van der Waals surface area contributed by atoms with Crippen molar-refractivity contribution in [2.45, 2.75) is 11.9 Å². The number of aromatic nitrogens is 1. The van der Waals surface area contributed by atoms with Gasteiger partial charge in [-0.3, -0.25) is 4.79 Å². The fourth-order valence-electron chi connectivity index (χ4n) is 2.37. The highest BCUT2D eigenvalue weighted by molar-refractivity contribution is 7.99. The van der Waals surface area contributed by atoms with E-state index in [1.165, 1.54) is 53.4 Å². The van der Waals surface area contributed by atoms with Crippen LogP contribution in [0.15, 0.2) is 53.9 Å². The largest absolute Gasteiger partial charge is 0.418 e. The third-order valence-electron chi connectivity index (χ3n) is 3.63. The molecule has 0 aliphatic carbocycles. The maximum Gasteiger partial charge on any atom is 0.418 e. The molecule has 0 radical (unpaired) electrons. The van der Waals surface area contributed by atoms with Crippen molar-refractivity contribution in [3.8, 4) is 10.6 Å². The summed E-state index contributed by atoms with van der Waals surface area (Å²) in [6.07, 6.45) is -4.53. The smallest absolute Gasteiger partial charge is 0.325 e. The second-order valence-corrected chi connectivity index (χ2v) is 7.58. The predicted octanol–water partition coefficient (Wildman–Crippen LogP) is 5.84. The highest BCUT2D eigenvalue weighted by Crippen LogP contribution is 2.34. The molecule has 0 spiro atoms. The zero-order valence-electron chi connectivity index (χ0n) is 14.3. The molecule has 0 bridgehead atoms. The molecule has 1 heterocycles. The first kappa shape index (κ1) is 20.3. The summed E-state index contributed by atoms with van der Waals surface area (Å²) in [7, 11) is 0. The summed E-state index contributed by atoms with van der Waals surface area (Å²) in [6, 6.07) is 10.8. The first-order valence-electron chi connectivity index (χ1n) is 8.07. The number of amides is 1. The Balaban J connectivity index is 1.53. The zero-order valence-corrected chi connectivity index (χ0v) is 15.9. The van der Waals surface area contributed by atoms with Crippen LogP contribution in [0, 0.1) is 5.82 Å². The topological polar surface area (TPSA) is 42.0 Å². The van der Waals surface area contributed by atoms with Gasteiger partial charge >= 0.3 is 6.18 Å². The summed E-state index contributed by atoms with van der Waals surface area (Å²) in [5.74, 6) is -0.411. The number of rotatable bonds is 6. The van der Waals surface area contributed by atoms with E-state index in [-0.39, 0.29) is 17.3 Å². The van der Waals surface area contributed by atoms with E-state index in [2.05, 4.69) is 10.3 Å². The van der Waals surface area contributed by atoms with Crippen LogP contribution in [0.5, 0.6) is 0 Å². The quantitative estimate of drug-likeness (QED) is 0.504. The van der Waals surface area contributed by atoms with Gasteiger partial charge in [-0.1, -0.05) is 12.1 Å². The number of nitrogens with one attached hydrogen (secondary N) is 1. The third kappa shape index (κ3) is 5.32.